The van der Waals surface area contributed by atoms with E-state index in [0.29, 0.717) is 18.2 Å². The highest BCUT2D eigenvalue weighted by molar-refractivity contribution is 5.78. The quantitative estimate of drug-likeness (QED) is 0.365. The summed E-state index contributed by atoms with van der Waals surface area (Å²) in [6.07, 6.45) is 0. The highest BCUT2D eigenvalue weighted by atomic mass is 16.5. The van der Waals surface area contributed by atoms with Crippen molar-refractivity contribution < 1.29 is 14.3 Å². The number of benzene rings is 2. The van der Waals surface area contributed by atoms with Crippen LogP contribution in [0.15, 0.2) is 48.5 Å². The molecule has 0 aromatic heterocycles. The molecule has 2 aromatic carbocycles. The highest BCUT2D eigenvalue weighted by Crippen LogP contribution is 2.35. The van der Waals surface area contributed by atoms with E-state index < -0.39 is 5.41 Å². The van der Waals surface area contributed by atoms with Gasteiger partial charge in [0.15, 0.2) is 0 Å². The van der Waals surface area contributed by atoms with Crippen LogP contribution < -0.4 is 15.2 Å². The maximum atomic E-state index is 12.6. The number of ether oxygens (including phenoxy) is 2. The van der Waals surface area contributed by atoms with Crippen molar-refractivity contribution in [2.75, 3.05) is 6.54 Å². The number of carbonyl (C=O) groups is 1. The first-order chi connectivity index (χ1) is 14.7. The standard InChI is InChI=1S/C28H41NO3/c1-19(2)28(8,9)32-24-16-12-22(13-17-24)27(6,7)21-10-14-23(15-11-21)31-25(30)26(4,5)20(3)18-29/h10-17,19-20H,18,29H2,1-9H3. The van der Waals surface area contributed by atoms with Crippen LogP contribution in [0, 0.1) is 17.3 Å². The first-order valence-electron chi connectivity index (χ1n) is 11.5. The summed E-state index contributed by atoms with van der Waals surface area (Å²) in [5, 5.41) is 0. The fourth-order valence-electron chi connectivity index (χ4n) is 3.20. The van der Waals surface area contributed by atoms with Gasteiger partial charge in [0.25, 0.3) is 0 Å². The van der Waals surface area contributed by atoms with Crippen molar-refractivity contribution in [1.29, 1.82) is 0 Å². The molecule has 0 aliphatic heterocycles. The fourth-order valence-corrected chi connectivity index (χ4v) is 3.20. The minimum atomic E-state index is -0.638. The monoisotopic (exact) mass is 439 g/mol. The Kier molecular flexibility index (Phi) is 7.83. The van der Waals surface area contributed by atoms with Gasteiger partial charge in [-0.05, 0) is 81.5 Å². The van der Waals surface area contributed by atoms with Gasteiger partial charge < -0.3 is 15.2 Å². The molecule has 0 aliphatic rings. The Morgan fingerprint density at radius 2 is 1.25 bits per heavy atom. The Balaban J connectivity index is 2.15. The third kappa shape index (κ3) is 5.72. The van der Waals surface area contributed by atoms with E-state index in [9.17, 15) is 4.79 Å². The second-order valence-corrected chi connectivity index (χ2v) is 10.8. The number of hydrogen-bond donors (Lipinski definition) is 1. The van der Waals surface area contributed by atoms with Crippen molar-refractivity contribution in [3.8, 4) is 11.5 Å². The molecule has 32 heavy (non-hydrogen) atoms. The van der Waals surface area contributed by atoms with E-state index in [2.05, 4.69) is 53.7 Å². The third-order valence-electron chi connectivity index (χ3n) is 7.25. The predicted molar refractivity (Wildman–Crippen MR) is 132 cm³/mol. The van der Waals surface area contributed by atoms with Crippen LogP contribution >= 0.6 is 0 Å². The Morgan fingerprint density at radius 1 is 0.812 bits per heavy atom. The molecule has 4 heteroatoms. The molecule has 2 N–H and O–H groups in total. The van der Waals surface area contributed by atoms with Crippen molar-refractivity contribution in [3.05, 3.63) is 59.7 Å². The van der Waals surface area contributed by atoms with Crippen molar-refractivity contribution in [3.63, 3.8) is 0 Å². The largest absolute Gasteiger partial charge is 0.488 e. The maximum Gasteiger partial charge on any atom is 0.317 e. The molecule has 2 rings (SSSR count). The molecular formula is C28H41NO3. The van der Waals surface area contributed by atoms with Crippen molar-refractivity contribution in [1.82, 2.24) is 0 Å². The van der Waals surface area contributed by atoms with Gasteiger partial charge in [-0.15, -0.1) is 0 Å². The van der Waals surface area contributed by atoms with E-state index in [0.717, 1.165) is 11.3 Å². The normalized spacial score (nSPS) is 13.7. The van der Waals surface area contributed by atoms with Crippen LogP contribution in [0.3, 0.4) is 0 Å². The van der Waals surface area contributed by atoms with Crippen LogP contribution in [0.1, 0.15) is 73.4 Å². The molecule has 0 heterocycles. The molecular weight excluding hydrogens is 398 g/mol. The van der Waals surface area contributed by atoms with Crippen LogP contribution in [0.4, 0.5) is 0 Å². The van der Waals surface area contributed by atoms with E-state index in [-0.39, 0.29) is 22.9 Å². The van der Waals surface area contributed by atoms with Gasteiger partial charge >= 0.3 is 5.97 Å². The molecule has 0 aliphatic carbocycles. The van der Waals surface area contributed by atoms with E-state index in [4.69, 9.17) is 15.2 Å². The summed E-state index contributed by atoms with van der Waals surface area (Å²) in [7, 11) is 0. The average molecular weight is 440 g/mol. The zero-order valence-corrected chi connectivity index (χ0v) is 21.3. The SMILES string of the molecule is CC(C)C(C)(C)Oc1ccc(C(C)(C)c2ccc(OC(=O)C(C)(C)C(C)CN)cc2)cc1. The van der Waals surface area contributed by atoms with Gasteiger partial charge in [0.2, 0.25) is 0 Å². The second-order valence-electron chi connectivity index (χ2n) is 10.8. The first-order valence-corrected chi connectivity index (χ1v) is 11.5. The van der Waals surface area contributed by atoms with Gasteiger partial charge in [-0.2, -0.15) is 0 Å². The number of esters is 1. The van der Waals surface area contributed by atoms with Crippen LogP contribution in [0.5, 0.6) is 11.5 Å². The summed E-state index contributed by atoms with van der Waals surface area (Å²) in [5.41, 5.74) is 7.01. The van der Waals surface area contributed by atoms with Gasteiger partial charge in [-0.25, -0.2) is 0 Å². The molecule has 0 amide bonds. The molecule has 4 nitrogen and oxygen atoms in total. The van der Waals surface area contributed by atoms with Gasteiger partial charge in [0.1, 0.15) is 17.1 Å². The summed E-state index contributed by atoms with van der Waals surface area (Å²) < 4.78 is 11.8. The topological polar surface area (TPSA) is 61.5 Å². The fraction of sp³-hybridized carbons (Fsp3) is 0.536. The van der Waals surface area contributed by atoms with Gasteiger partial charge in [-0.3, -0.25) is 4.79 Å². The van der Waals surface area contributed by atoms with Crippen LogP contribution in [0.2, 0.25) is 0 Å². The molecule has 0 radical (unpaired) electrons. The van der Waals surface area contributed by atoms with Crippen molar-refractivity contribution in [2.45, 2.75) is 73.3 Å². The Labute approximate surface area is 194 Å². The molecule has 176 valence electrons. The van der Waals surface area contributed by atoms with Crippen LogP contribution in [0.25, 0.3) is 0 Å². The van der Waals surface area contributed by atoms with E-state index in [1.807, 2.05) is 57.2 Å². The number of hydrogen-bond acceptors (Lipinski definition) is 4. The Hall–Kier alpha value is -2.33. The molecule has 0 saturated heterocycles. The lowest BCUT2D eigenvalue weighted by molar-refractivity contribution is -0.146. The summed E-state index contributed by atoms with van der Waals surface area (Å²) in [5.74, 6) is 1.61. The third-order valence-corrected chi connectivity index (χ3v) is 7.25. The number of nitrogens with two attached hydrogens (primary N) is 1. The second kappa shape index (κ2) is 9.66. The molecule has 2 aromatic rings. The lowest BCUT2D eigenvalue weighted by atomic mass is 9.78. The molecule has 1 atom stereocenters. The molecule has 0 bridgehead atoms. The molecule has 1 unspecified atom stereocenters. The van der Waals surface area contributed by atoms with Gasteiger partial charge in [0.05, 0.1) is 5.41 Å². The minimum absolute atomic E-state index is 0.0336. The Bertz CT molecular complexity index is 893. The smallest absolute Gasteiger partial charge is 0.317 e. The summed E-state index contributed by atoms with van der Waals surface area (Å²) in [4.78, 5) is 12.6. The lowest BCUT2D eigenvalue weighted by Crippen LogP contribution is -2.38. The van der Waals surface area contributed by atoms with E-state index in [1.54, 1.807) is 0 Å². The van der Waals surface area contributed by atoms with Crippen molar-refractivity contribution >= 4 is 5.97 Å². The Morgan fingerprint density at radius 3 is 1.66 bits per heavy atom. The van der Waals surface area contributed by atoms with Crippen molar-refractivity contribution in [2.24, 2.45) is 23.0 Å². The maximum absolute atomic E-state index is 12.6. The highest BCUT2D eigenvalue weighted by Gasteiger charge is 2.35. The van der Waals surface area contributed by atoms with Gasteiger partial charge in [0, 0.05) is 5.41 Å². The van der Waals surface area contributed by atoms with Gasteiger partial charge in [-0.1, -0.05) is 58.9 Å². The van der Waals surface area contributed by atoms with E-state index in [1.165, 1.54) is 5.56 Å². The summed E-state index contributed by atoms with van der Waals surface area (Å²) in [6, 6.07) is 16.1. The average Bonchev–Trinajstić information content (AvgIpc) is 2.73. The molecule has 0 saturated carbocycles. The predicted octanol–water partition coefficient (Wildman–Crippen LogP) is 6.35. The number of rotatable bonds is 9. The lowest BCUT2D eigenvalue weighted by Gasteiger charge is -2.31. The zero-order valence-electron chi connectivity index (χ0n) is 21.3. The van der Waals surface area contributed by atoms with E-state index >= 15 is 0 Å². The zero-order chi connectivity index (χ0) is 24.3. The number of carbonyl (C=O) groups excluding carboxylic acids is 1. The van der Waals surface area contributed by atoms with Crippen LogP contribution in [-0.2, 0) is 10.2 Å². The first kappa shape index (κ1) is 25.9. The summed E-state index contributed by atoms with van der Waals surface area (Å²) >= 11 is 0. The molecule has 0 spiro atoms. The summed E-state index contributed by atoms with van der Waals surface area (Å²) in [6.45, 7) is 19.1. The molecule has 0 fully saturated rings. The minimum Gasteiger partial charge on any atom is -0.488 e. The van der Waals surface area contributed by atoms with Crippen LogP contribution in [-0.4, -0.2) is 18.1 Å².